The van der Waals surface area contributed by atoms with E-state index in [9.17, 15) is 22.0 Å². The van der Waals surface area contributed by atoms with E-state index in [2.05, 4.69) is 5.10 Å². The van der Waals surface area contributed by atoms with E-state index >= 15 is 0 Å². The summed E-state index contributed by atoms with van der Waals surface area (Å²) in [6.07, 6.45) is -8.03. The summed E-state index contributed by atoms with van der Waals surface area (Å²) in [6, 6.07) is -0.834. The van der Waals surface area contributed by atoms with Gasteiger partial charge in [0.1, 0.15) is 6.34 Å². The Bertz CT molecular complexity index is 448. The minimum atomic E-state index is -5.89. The molecule has 0 aromatic carbocycles. The van der Waals surface area contributed by atoms with Gasteiger partial charge in [0.05, 0.1) is 0 Å². The van der Waals surface area contributed by atoms with Gasteiger partial charge in [0.25, 0.3) is 0 Å². The lowest BCUT2D eigenvalue weighted by Gasteiger charge is -2.44. The lowest BCUT2D eigenvalue weighted by Crippen LogP contribution is -2.65. The molecule has 130 valence electrons. The van der Waals surface area contributed by atoms with Crippen LogP contribution in [-0.2, 0) is 0 Å². The second-order valence-corrected chi connectivity index (χ2v) is 8.21. The molecule has 1 aliphatic heterocycles. The van der Waals surface area contributed by atoms with E-state index in [0.717, 1.165) is 0 Å². The van der Waals surface area contributed by atoms with Crippen molar-refractivity contribution in [1.29, 1.82) is 0 Å². The van der Waals surface area contributed by atoms with Gasteiger partial charge in [0.2, 0.25) is 8.25 Å². The number of nitrogens with zero attached hydrogens (tertiary/aromatic N) is 3. The highest BCUT2D eigenvalue weighted by atomic mass is 35.6. The van der Waals surface area contributed by atoms with Gasteiger partial charge in [0.15, 0.2) is 6.17 Å². The highest BCUT2D eigenvalue weighted by Crippen LogP contribution is 2.53. The number of halogens is 10. The SMILES string of the molecule is CC(C)N1N=CN(C(Cl)(Cl)C(Cl)(Cl)Cl)C1C(F)(F)C(F)(F)F. The molecule has 1 aliphatic rings. The van der Waals surface area contributed by atoms with Gasteiger partial charge in [-0.2, -0.15) is 27.1 Å². The first-order valence-electron chi connectivity index (χ1n) is 5.55. The Kier molecular flexibility index (Phi) is 5.59. The van der Waals surface area contributed by atoms with E-state index in [-0.39, 0.29) is 4.90 Å². The summed E-state index contributed by atoms with van der Waals surface area (Å²) < 4.78 is 60.7. The van der Waals surface area contributed by atoms with Gasteiger partial charge in [-0.15, -0.1) is 0 Å². The first kappa shape index (κ1) is 20.4. The molecular weight excluding hydrogens is 422 g/mol. The number of rotatable bonds is 3. The fourth-order valence-electron chi connectivity index (χ4n) is 1.64. The molecule has 0 spiro atoms. The van der Waals surface area contributed by atoms with E-state index in [1.807, 2.05) is 0 Å². The molecule has 1 unspecified atom stereocenters. The average Bonchev–Trinajstić information content (AvgIpc) is 2.70. The molecule has 1 atom stereocenters. The standard InChI is InChI=1S/C9H9Cl5F5N3/c1-4(2)22-5(6(15,16)9(17,18)19)21(3-20-22)8(13,14)7(10,11)12/h3-5H,1-2H3. The number of hydrogen-bond acceptors (Lipinski definition) is 3. The van der Waals surface area contributed by atoms with Crippen LogP contribution in [-0.4, -0.2) is 48.8 Å². The molecular formula is C9H9Cl5F5N3. The second-order valence-electron chi connectivity index (χ2n) is 4.65. The normalized spacial score (nSPS) is 21.2. The van der Waals surface area contributed by atoms with Gasteiger partial charge in [-0.25, -0.2) is 0 Å². The summed E-state index contributed by atoms with van der Waals surface area (Å²) in [4.78, 5) is 0.163. The molecule has 1 heterocycles. The summed E-state index contributed by atoms with van der Waals surface area (Å²) in [6.45, 7) is 2.69. The predicted octanol–water partition coefficient (Wildman–Crippen LogP) is 4.98. The Morgan fingerprint density at radius 1 is 1.00 bits per heavy atom. The van der Waals surface area contributed by atoms with Gasteiger partial charge in [-0.1, -0.05) is 58.0 Å². The zero-order valence-electron chi connectivity index (χ0n) is 10.9. The van der Waals surface area contributed by atoms with Crippen molar-refractivity contribution >= 4 is 64.3 Å². The minimum absolute atomic E-state index is 0.163. The van der Waals surface area contributed by atoms with Crippen LogP contribution in [0.25, 0.3) is 0 Å². The molecule has 0 amide bonds. The maximum absolute atomic E-state index is 13.9. The van der Waals surface area contributed by atoms with Crippen LogP contribution >= 0.6 is 58.0 Å². The van der Waals surface area contributed by atoms with Gasteiger partial charge >= 0.3 is 12.1 Å². The molecule has 13 heteroatoms. The molecule has 0 fully saturated rings. The summed E-state index contributed by atoms with van der Waals surface area (Å²) in [5.74, 6) is -5.25. The van der Waals surface area contributed by atoms with Crippen molar-refractivity contribution in [3.8, 4) is 0 Å². The van der Waals surface area contributed by atoms with Gasteiger partial charge in [-0.05, 0) is 13.8 Å². The first-order valence-corrected chi connectivity index (χ1v) is 7.44. The molecule has 0 N–H and O–H groups in total. The fraction of sp³-hybridized carbons (Fsp3) is 0.889. The van der Waals surface area contributed by atoms with Crippen molar-refractivity contribution in [3.05, 3.63) is 0 Å². The predicted molar refractivity (Wildman–Crippen MR) is 76.8 cm³/mol. The molecule has 0 aromatic rings. The van der Waals surface area contributed by atoms with Crippen LogP contribution in [0.3, 0.4) is 0 Å². The quantitative estimate of drug-likeness (QED) is 0.357. The third kappa shape index (κ3) is 3.41. The van der Waals surface area contributed by atoms with E-state index in [1.54, 1.807) is 0 Å². The van der Waals surface area contributed by atoms with Gasteiger partial charge in [0, 0.05) is 6.04 Å². The van der Waals surface area contributed by atoms with Crippen LogP contribution < -0.4 is 0 Å². The van der Waals surface area contributed by atoms with Crippen LogP contribution in [0.2, 0.25) is 0 Å². The van der Waals surface area contributed by atoms with Gasteiger partial charge < -0.3 is 0 Å². The highest BCUT2D eigenvalue weighted by Gasteiger charge is 2.70. The lowest BCUT2D eigenvalue weighted by atomic mass is 10.2. The van der Waals surface area contributed by atoms with Crippen LogP contribution in [0.1, 0.15) is 13.8 Å². The summed E-state index contributed by atoms with van der Waals surface area (Å²) >= 11 is 27.9. The van der Waals surface area contributed by atoms with Crippen molar-refractivity contribution in [3.63, 3.8) is 0 Å². The third-order valence-electron chi connectivity index (χ3n) is 2.72. The Morgan fingerprint density at radius 3 is 1.77 bits per heavy atom. The minimum Gasteiger partial charge on any atom is -0.298 e. The van der Waals surface area contributed by atoms with Gasteiger partial charge in [-0.3, -0.25) is 9.91 Å². The van der Waals surface area contributed by atoms with Crippen LogP contribution in [0.5, 0.6) is 0 Å². The highest BCUT2D eigenvalue weighted by molar-refractivity contribution is 6.75. The molecule has 0 saturated carbocycles. The topological polar surface area (TPSA) is 18.8 Å². The van der Waals surface area contributed by atoms with Crippen molar-refractivity contribution < 1.29 is 22.0 Å². The van der Waals surface area contributed by atoms with Crippen LogP contribution in [0.4, 0.5) is 22.0 Å². The van der Waals surface area contributed by atoms with Crippen LogP contribution in [0.15, 0.2) is 5.10 Å². The first-order chi connectivity index (χ1) is 9.55. The van der Waals surface area contributed by atoms with Crippen LogP contribution in [0, 0.1) is 0 Å². The summed E-state index contributed by atoms with van der Waals surface area (Å²) in [7, 11) is 0. The summed E-state index contributed by atoms with van der Waals surface area (Å²) in [5, 5.41) is 3.94. The molecule has 1 rings (SSSR count). The summed E-state index contributed by atoms with van der Waals surface area (Å²) in [5.41, 5.74) is 0. The van der Waals surface area contributed by atoms with Crippen molar-refractivity contribution in [2.45, 2.75) is 46.4 Å². The molecule has 0 radical (unpaired) electrons. The lowest BCUT2D eigenvalue weighted by molar-refractivity contribution is -0.316. The molecule has 22 heavy (non-hydrogen) atoms. The second kappa shape index (κ2) is 6.02. The molecule has 3 nitrogen and oxygen atoms in total. The Hall–Kier alpha value is 0.370. The maximum atomic E-state index is 13.9. The molecule has 0 aliphatic carbocycles. The fourth-order valence-corrected chi connectivity index (χ4v) is 2.21. The van der Waals surface area contributed by atoms with E-state index in [4.69, 9.17) is 58.0 Å². The molecule has 0 aromatic heterocycles. The number of hydrazone groups is 1. The zero-order chi connectivity index (χ0) is 17.7. The third-order valence-corrected chi connectivity index (χ3v) is 5.08. The molecule has 0 saturated heterocycles. The number of alkyl halides is 10. The number of hydrogen-bond donors (Lipinski definition) is 0. The average molecular weight is 431 g/mol. The van der Waals surface area contributed by atoms with E-state index in [0.29, 0.717) is 11.3 Å². The van der Waals surface area contributed by atoms with E-state index < -0.39 is 32.6 Å². The van der Waals surface area contributed by atoms with Crippen molar-refractivity contribution in [2.75, 3.05) is 0 Å². The zero-order valence-corrected chi connectivity index (χ0v) is 14.6. The maximum Gasteiger partial charge on any atom is 0.457 e. The van der Waals surface area contributed by atoms with Crippen molar-refractivity contribution in [2.24, 2.45) is 5.10 Å². The Morgan fingerprint density at radius 2 is 1.45 bits per heavy atom. The Balaban J connectivity index is 3.38. The smallest absolute Gasteiger partial charge is 0.298 e. The Labute approximate surface area is 147 Å². The monoisotopic (exact) mass is 429 g/mol. The van der Waals surface area contributed by atoms with Crippen molar-refractivity contribution in [1.82, 2.24) is 9.91 Å². The molecule has 0 bridgehead atoms. The largest absolute Gasteiger partial charge is 0.457 e. The van der Waals surface area contributed by atoms with E-state index in [1.165, 1.54) is 13.8 Å².